The molecule has 1 aromatic heterocycles. The van der Waals surface area contributed by atoms with E-state index in [1.54, 1.807) is 24.3 Å². The second-order valence-electron chi connectivity index (χ2n) is 6.48. The lowest BCUT2D eigenvalue weighted by Crippen LogP contribution is -2.20. The standard InChI is InChI=1S/C22H15BrN4O4/c1-31-20-15(11-16(23)12-19(20)27(29)30)13-24-26-21(14-7-3-2-4-8-14)25-18-10-6-5-9-17(18)22(26)28/h2-13H,1H3. The zero-order chi connectivity index (χ0) is 22.0. The van der Waals surface area contributed by atoms with E-state index >= 15 is 0 Å². The average molecular weight is 479 g/mol. The molecular formula is C22H15BrN4O4. The lowest BCUT2D eigenvalue weighted by atomic mass is 10.2. The molecule has 3 aromatic carbocycles. The van der Waals surface area contributed by atoms with Gasteiger partial charge >= 0.3 is 5.69 Å². The molecule has 0 aliphatic rings. The van der Waals surface area contributed by atoms with Crippen molar-refractivity contribution in [1.82, 2.24) is 9.66 Å². The molecule has 4 aromatic rings. The van der Waals surface area contributed by atoms with Gasteiger partial charge in [0.25, 0.3) is 5.56 Å². The number of aromatic nitrogens is 2. The Kier molecular flexibility index (Phi) is 5.59. The van der Waals surface area contributed by atoms with Crippen LogP contribution in [0.2, 0.25) is 0 Å². The molecule has 31 heavy (non-hydrogen) atoms. The molecule has 0 saturated carbocycles. The van der Waals surface area contributed by atoms with Crippen LogP contribution >= 0.6 is 15.9 Å². The maximum absolute atomic E-state index is 13.2. The predicted octanol–water partition coefficient (Wildman–Crippen LogP) is 4.63. The number of benzene rings is 3. The minimum atomic E-state index is -0.542. The molecule has 0 radical (unpaired) electrons. The minimum absolute atomic E-state index is 0.0417. The molecule has 0 spiro atoms. The first-order valence-corrected chi connectivity index (χ1v) is 9.92. The van der Waals surface area contributed by atoms with Crippen molar-refractivity contribution in [1.29, 1.82) is 0 Å². The Morgan fingerprint density at radius 1 is 1.13 bits per heavy atom. The fourth-order valence-electron chi connectivity index (χ4n) is 3.18. The molecule has 0 saturated heterocycles. The Balaban J connectivity index is 1.95. The number of methoxy groups -OCH3 is 1. The van der Waals surface area contributed by atoms with Gasteiger partial charge in [-0.3, -0.25) is 14.9 Å². The number of nitrogens with zero attached hydrogens (tertiary/aromatic N) is 4. The summed E-state index contributed by atoms with van der Waals surface area (Å²) in [4.78, 5) is 28.7. The van der Waals surface area contributed by atoms with Gasteiger partial charge < -0.3 is 4.74 Å². The highest BCUT2D eigenvalue weighted by Crippen LogP contribution is 2.33. The van der Waals surface area contributed by atoms with Gasteiger partial charge in [0, 0.05) is 21.7 Å². The predicted molar refractivity (Wildman–Crippen MR) is 122 cm³/mol. The zero-order valence-electron chi connectivity index (χ0n) is 16.2. The van der Waals surface area contributed by atoms with Gasteiger partial charge in [-0.15, -0.1) is 0 Å². The van der Waals surface area contributed by atoms with Crippen LogP contribution < -0.4 is 10.3 Å². The molecule has 8 nitrogen and oxygen atoms in total. The van der Waals surface area contributed by atoms with Crippen molar-refractivity contribution >= 4 is 38.7 Å². The number of para-hydroxylation sites is 1. The summed E-state index contributed by atoms with van der Waals surface area (Å²) in [5.74, 6) is 0.393. The Bertz CT molecular complexity index is 1380. The zero-order valence-corrected chi connectivity index (χ0v) is 17.8. The largest absolute Gasteiger partial charge is 0.490 e. The van der Waals surface area contributed by atoms with Gasteiger partial charge in [0.15, 0.2) is 5.82 Å². The van der Waals surface area contributed by atoms with Gasteiger partial charge in [-0.2, -0.15) is 9.78 Å². The smallest absolute Gasteiger partial charge is 0.312 e. The maximum atomic E-state index is 13.2. The molecule has 0 N–H and O–H groups in total. The van der Waals surface area contributed by atoms with E-state index in [4.69, 9.17) is 4.74 Å². The Hall–Kier alpha value is -3.85. The highest BCUT2D eigenvalue weighted by molar-refractivity contribution is 9.10. The Labute approximate surface area is 184 Å². The number of nitro benzene ring substituents is 1. The highest BCUT2D eigenvalue weighted by Gasteiger charge is 2.20. The summed E-state index contributed by atoms with van der Waals surface area (Å²) in [6.07, 6.45) is 1.35. The Morgan fingerprint density at radius 2 is 1.84 bits per heavy atom. The molecule has 4 rings (SSSR count). The van der Waals surface area contributed by atoms with E-state index in [2.05, 4.69) is 26.0 Å². The van der Waals surface area contributed by atoms with Gasteiger partial charge in [0.2, 0.25) is 5.75 Å². The van der Waals surface area contributed by atoms with E-state index < -0.39 is 4.92 Å². The molecule has 154 valence electrons. The van der Waals surface area contributed by atoms with Crippen LogP contribution in [0.15, 0.2) is 81.1 Å². The van der Waals surface area contributed by atoms with Crippen LogP contribution in [0.1, 0.15) is 5.56 Å². The third kappa shape index (κ3) is 3.95. The third-order valence-corrected chi connectivity index (χ3v) is 5.02. The number of hydrogen-bond acceptors (Lipinski definition) is 6. The van der Waals surface area contributed by atoms with E-state index in [-0.39, 0.29) is 17.0 Å². The second-order valence-corrected chi connectivity index (χ2v) is 7.40. The van der Waals surface area contributed by atoms with Crippen molar-refractivity contribution in [3.63, 3.8) is 0 Å². The summed E-state index contributed by atoms with van der Waals surface area (Å²) >= 11 is 3.27. The van der Waals surface area contributed by atoms with Crippen LogP contribution in [-0.4, -0.2) is 27.9 Å². The molecule has 0 atom stereocenters. The van der Waals surface area contributed by atoms with Crippen molar-refractivity contribution in [2.45, 2.75) is 0 Å². The molecule has 0 fully saturated rings. The number of ether oxygens (including phenoxy) is 1. The third-order valence-electron chi connectivity index (χ3n) is 4.56. The number of rotatable bonds is 5. The fraction of sp³-hybridized carbons (Fsp3) is 0.0455. The van der Waals surface area contributed by atoms with Crippen molar-refractivity contribution in [3.05, 3.63) is 97.2 Å². The molecular weight excluding hydrogens is 464 g/mol. The first-order chi connectivity index (χ1) is 15.0. The van der Waals surface area contributed by atoms with E-state index in [1.807, 2.05) is 36.4 Å². The number of halogens is 1. The quantitative estimate of drug-likeness (QED) is 0.236. The van der Waals surface area contributed by atoms with Crippen LogP contribution in [-0.2, 0) is 0 Å². The fourth-order valence-corrected chi connectivity index (χ4v) is 3.64. The van der Waals surface area contributed by atoms with Crippen LogP contribution in [0.3, 0.4) is 0 Å². The summed E-state index contributed by atoms with van der Waals surface area (Å²) in [5, 5.41) is 16.1. The summed E-state index contributed by atoms with van der Waals surface area (Å²) < 4.78 is 6.90. The Morgan fingerprint density at radius 3 is 2.55 bits per heavy atom. The average Bonchev–Trinajstić information content (AvgIpc) is 2.78. The van der Waals surface area contributed by atoms with Gasteiger partial charge in [-0.1, -0.05) is 58.4 Å². The first-order valence-electron chi connectivity index (χ1n) is 9.13. The van der Waals surface area contributed by atoms with Gasteiger partial charge in [-0.05, 0) is 18.2 Å². The number of nitro groups is 1. The topological polar surface area (TPSA) is 99.6 Å². The lowest BCUT2D eigenvalue weighted by molar-refractivity contribution is -0.385. The van der Waals surface area contributed by atoms with E-state index in [1.165, 1.54) is 24.1 Å². The summed E-state index contributed by atoms with van der Waals surface area (Å²) in [6, 6.07) is 19.2. The van der Waals surface area contributed by atoms with Gasteiger partial charge in [-0.25, -0.2) is 4.98 Å². The SMILES string of the molecule is COc1c(C=Nn2c(-c3ccccc3)nc3ccccc3c2=O)cc(Br)cc1[N+](=O)[O-]. The van der Waals surface area contributed by atoms with Gasteiger partial charge in [0.05, 0.1) is 29.2 Å². The van der Waals surface area contributed by atoms with Crippen molar-refractivity contribution in [2.75, 3.05) is 7.11 Å². The van der Waals surface area contributed by atoms with Crippen molar-refractivity contribution < 1.29 is 9.66 Å². The van der Waals surface area contributed by atoms with Crippen LogP contribution in [0.5, 0.6) is 5.75 Å². The van der Waals surface area contributed by atoms with Crippen LogP contribution in [0.25, 0.3) is 22.3 Å². The van der Waals surface area contributed by atoms with Crippen LogP contribution in [0.4, 0.5) is 5.69 Å². The molecule has 0 unspecified atom stereocenters. The number of fused-ring (bicyclic) bond motifs is 1. The van der Waals surface area contributed by atoms with Crippen molar-refractivity contribution in [2.24, 2.45) is 5.10 Å². The molecule has 9 heteroatoms. The summed E-state index contributed by atoms with van der Waals surface area (Å²) in [6.45, 7) is 0. The van der Waals surface area contributed by atoms with Crippen molar-refractivity contribution in [3.8, 4) is 17.1 Å². The molecule has 0 aliphatic heterocycles. The maximum Gasteiger partial charge on any atom is 0.312 e. The van der Waals surface area contributed by atoms with Gasteiger partial charge in [0.1, 0.15) is 0 Å². The first kappa shape index (κ1) is 20.4. The molecule has 1 heterocycles. The number of hydrogen-bond donors (Lipinski definition) is 0. The van der Waals surface area contributed by atoms with E-state index in [0.29, 0.717) is 32.3 Å². The minimum Gasteiger partial charge on any atom is -0.490 e. The monoisotopic (exact) mass is 478 g/mol. The molecule has 0 amide bonds. The van der Waals surface area contributed by atoms with Crippen LogP contribution in [0, 0.1) is 10.1 Å². The van der Waals surface area contributed by atoms with E-state index in [0.717, 1.165) is 0 Å². The second kappa shape index (κ2) is 8.49. The summed E-state index contributed by atoms with van der Waals surface area (Å²) in [5.41, 5.74) is 1.01. The molecule has 0 aliphatic carbocycles. The van der Waals surface area contributed by atoms with E-state index in [9.17, 15) is 14.9 Å². The lowest BCUT2D eigenvalue weighted by Gasteiger charge is -2.10. The normalized spacial score (nSPS) is 11.2. The highest BCUT2D eigenvalue weighted by atomic mass is 79.9. The molecule has 0 bridgehead atoms. The summed E-state index contributed by atoms with van der Waals surface area (Å²) in [7, 11) is 1.34.